The molecule has 0 aromatic heterocycles. The molecule has 54 valence electrons. The third kappa shape index (κ3) is 4.29. The van der Waals surface area contributed by atoms with E-state index in [0.717, 1.165) is 6.42 Å². The maximum Gasteiger partial charge on any atom is 0.246 e. The minimum atomic E-state index is -2.25. The first-order valence-electron chi connectivity index (χ1n) is 2.82. The Bertz CT molecular complexity index is 121. The molecule has 0 radical (unpaired) electrons. The van der Waals surface area contributed by atoms with Crippen LogP contribution in [0.3, 0.4) is 0 Å². The number of unbranched alkanes of at least 4 members (excludes halogenated alkanes) is 1. The molecule has 0 aliphatic rings. The average molecular weight is 150 g/mol. The molecule has 0 aliphatic heterocycles. The van der Waals surface area contributed by atoms with E-state index in [-0.39, 0.29) is 6.42 Å². The van der Waals surface area contributed by atoms with Gasteiger partial charge in [-0.25, -0.2) is 4.21 Å². The van der Waals surface area contributed by atoms with Gasteiger partial charge in [-0.05, 0) is 6.42 Å². The Morgan fingerprint density at radius 1 is 1.67 bits per heavy atom. The summed E-state index contributed by atoms with van der Waals surface area (Å²) in [4.78, 5) is 10.4. The third-order valence-electron chi connectivity index (χ3n) is 0.929. The minimum absolute atomic E-state index is 0.222. The molecule has 0 aromatic rings. The largest absolute Gasteiger partial charge is 0.300 e. The van der Waals surface area contributed by atoms with Gasteiger partial charge in [0.05, 0.1) is 0 Å². The molecule has 0 bridgehead atoms. The Morgan fingerprint density at radius 3 is 2.56 bits per heavy atom. The fourth-order valence-electron chi connectivity index (χ4n) is 0.408. The second-order valence-corrected chi connectivity index (χ2v) is 2.68. The molecule has 1 unspecified atom stereocenters. The van der Waals surface area contributed by atoms with E-state index in [2.05, 4.69) is 0 Å². The van der Waals surface area contributed by atoms with Gasteiger partial charge in [-0.1, -0.05) is 13.3 Å². The molecule has 0 saturated heterocycles. The van der Waals surface area contributed by atoms with Crippen molar-refractivity contribution in [2.45, 2.75) is 26.2 Å². The van der Waals surface area contributed by atoms with Gasteiger partial charge < -0.3 is 4.55 Å². The second kappa shape index (κ2) is 4.64. The number of rotatable bonds is 3. The number of hydrogen-bond acceptors (Lipinski definition) is 2. The van der Waals surface area contributed by atoms with E-state index in [1.54, 1.807) is 0 Å². The summed E-state index contributed by atoms with van der Waals surface area (Å²) in [5.74, 6) is 0. The van der Waals surface area contributed by atoms with Crippen LogP contribution in [0.4, 0.5) is 0 Å². The van der Waals surface area contributed by atoms with Gasteiger partial charge in [0.15, 0.2) is 0 Å². The molecule has 0 heterocycles. The molecule has 0 rings (SSSR count). The summed E-state index contributed by atoms with van der Waals surface area (Å²) in [6.07, 6.45) is 1.80. The van der Waals surface area contributed by atoms with Crippen LogP contribution in [0.25, 0.3) is 0 Å². The zero-order valence-electron chi connectivity index (χ0n) is 5.29. The Labute approximate surface area is 56.7 Å². The van der Waals surface area contributed by atoms with Crippen molar-refractivity contribution in [3.8, 4) is 0 Å². The van der Waals surface area contributed by atoms with Crippen molar-refractivity contribution in [1.82, 2.24) is 0 Å². The molecule has 0 amide bonds. The molecular formula is C5H10O3S. The maximum absolute atomic E-state index is 10.4. The quantitative estimate of drug-likeness (QED) is 0.609. The zero-order chi connectivity index (χ0) is 7.28. The van der Waals surface area contributed by atoms with Crippen LogP contribution in [0.1, 0.15) is 26.2 Å². The van der Waals surface area contributed by atoms with Crippen molar-refractivity contribution < 1.29 is 13.6 Å². The van der Waals surface area contributed by atoms with Crippen LogP contribution in [0, 0.1) is 0 Å². The van der Waals surface area contributed by atoms with Gasteiger partial charge in [-0.15, -0.1) is 0 Å². The lowest BCUT2D eigenvalue weighted by Crippen LogP contribution is -2.04. The lowest BCUT2D eigenvalue weighted by Gasteiger charge is -1.90. The Kier molecular flexibility index (Phi) is 4.53. The number of hydrogen-bond donors (Lipinski definition) is 1. The summed E-state index contributed by atoms with van der Waals surface area (Å²) in [6.45, 7) is 1.92. The highest BCUT2D eigenvalue weighted by Crippen LogP contribution is 1.96. The summed E-state index contributed by atoms with van der Waals surface area (Å²) in [7, 11) is 0. The molecule has 9 heavy (non-hydrogen) atoms. The van der Waals surface area contributed by atoms with Crippen molar-refractivity contribution in [2.24, 2.45) is 0 Å². The van der Waals surface area contributed by atoms with Crippen LogP contribution in [-0.4, -0.2) is 13.9 Å². The van der Waals surface area contributed by atoms with Gasteiger partial charge in [-0.3, -0.25) is 4.79 Å². The first-order chi connectivity index (χ1) is 4.18. The molecule has 0 fully saturated rings. The molecule has 1 N–H and O–H groups in total. The van der Waals surface area contributed by atoms with Crippen molar-refractivity contribution >= 4 is 16.2 Å². The maximum atomic E-state index is 10.4. The van der Waals surface area contributed by atoms with E-state index in [1.807, 2.05) is 6.92 Å². The summed E-state index contributed by atoms with van der Waals surface area (Å²) in [5, 5.41) is -0.572. The summed E-state index contributed by atoms with van der Waals surface area (Å²) < 4.78 is 18.1. The van der Waals surface area contributed by atoms with E-state index in [1.165, 1.54) is 0 Å². The molecule has 1 atom stereocenters. The second-order valence-electron chi connectivity index (χ2n) is 1.72. The fourth-order valence-corrected chi connectivity index (χ4v) is 0.727. The fraction of sp³-hybridized carbons (Fsp3) is 0.800. The van der Waals surface area contributed by atoms with Crippen LogP contribution < -0.4 is 0 Å². The molecule has 0 spiro atoms. The molecule has 3 nitrogen and oxygen atoms in total. The monoisotopic (exact) mass is 150 g/mol. The van der Waals surface area contributed by atoms with Gasteiger partial charge >= 0.3 is 0 Å². The molecule has 0 aliphatic carbocycles. The van der Waals surface area contributed by atoms with Crippen LogP contribution in [0.2, 0.25) is 0 Å². The normalized spacial score (nSPS) is 13.1. The SMILES string of the molecule is CCCCC(=O)S(=O)O. The smallest absolute Gasteiger partial charge is 0.246 e. The lowest BCUT2D eigenvalue weighted by atomic mass is 10.3. The lowest BCUT2D eigenvalue weighted by molar-refractivity contribution is -0.111. The van der Waals surface area contributed by atoms with Crippen LogP contribution in [0.5, 0.6) is 0 Å². The first kappa shape index (κ1) is 8.78. The van der Waals surface area contributed by atoms with E-state index < -0.39 is 16.2 Å². The van der Waals surface area contributed by atoms with E-state index in [9.17, 15) is 9.00 Å². The predicted molar refractivity (Wildman–Crippen MR) is 35.3 cm³/mol. The Morgan fingerprint density at radius 2 is 2.22 bits per heavy atom. The standard InChI is InChI=1S/C5H10O3S/c1-2-3-4-5(6)9(7)8/h2-4H2,1H3,(H,7,8). The highest BCUT2D eigenvalue weighted by molar-refractivity contribution is 7.95. The first-order valence-corrected chi connectivity index (χ1v) is 3.92. The average Bonchev–Trinajstić information content (AvgIpc) is 1.82. The highest BCUT2D eigenvalue weighted by atomic mass is 32.2. The van der Waals surface area contributed by atoms with Crippen LogP contribution >= 0.6 is 0 Å². The van der Waals surface area contributed by atoms with Crippen molar-refractivity contribution in [1.29, 1.82) is 0 Å². The van der Waals surface area contributed by atoms with E-state index >= 15 is 0 Å². The number of carbonyl (C=O) groups excluding carboxylic acids is 1. The molecule has 4 heteroatoms. The van der Waals surface area contributed by atoms with E-state index in [0.29, 0.717) is 6.42 Å². The topological polar surface area (TPSA) is 54.4 Å². The summed E-state index contributed by atoms with van der Waals surface area (Å²) in [6, 6.07) is 0. The zero-order valence-corrected chi connectivity index (χ0v) is 6.11. The molecular weight excluding hydrogens is 140 g/mol. The van der Waals surface area contributed by atoms with Gasteiger partial charge in [0.25, 0.3) is 0 Å². The van der Waals surface area contributed by atoms with Crippen molar-refractivity contribution in [2.75, 3.05) is 0 Å². The minimum Gasteiger partial charge on any atom is -0.300 e. The summed E-state index contributed by atoms with van der Waals surface area (Å²) >= 11 is -2.25. The van der Waals surface area contributed by atoms with Crippen LogP contribution in [-0.2, 0) is 15.9 Å². The van der Waals surface area contributed by atoms with Crippen LogP contribution in [0.15, 0.2) is 0 Å². The van der Waals surface area contributed by atoms with Gasteiger partial charge in [0, 0.05) is 6.42 Å². The van der Waals surface area contributed by atoms with Crippen molar-refractivity contribution in [3.05, 3.63) is 0 Å². The molecule has 0 saturated carbocycles. The van der Waals surface area contributed by atoms with Gasteiger partial charge in [-0.2, -0.15) is 0 Å². The van der Waals surface area contributed by atoms with Crippen molar-refractivity contribution in [3.63, 3.8) is 0 Å². The third-order valence-corrected chi connectivity index (χ3v) is 1.52. The Balaban J connectivity index is 3.39. The van der Waals surface area contributed by atoms with Gasteiger partial charge in [0.1, 0.15) is 0 Å². The van der Waals surface area contributed by atoms with E-state index in [4.69, 9.17) is 4.55 Å². The van der Waals surface area contributed by atoms with Gasteiger partial charge in [0.2, 0.25) is 16.2 Å². The number of carbonyl (C=O) groups is 1. The summed E-state index contributed by atoms with van der Waals surface area (Å²) in [5.41, 5.74) is 0. The Hall–Kier alpha value is -0.220. The molecule has 0 aromatic carbocycles. The highest BCUT2D eigenvalue weighted by Gasteiger charge is 2.05. The predicted octanol–water partition coefficient (Wildman–Crippen LogP) is 0.925.